The van der Waals surface area contributed by atoms with Gasteiger partial charge in [-0.1, -0.05) is 5.16 Å². The van der Waals surface area contributed by atoms with E-state index in [2.05, 4.69) is 10.5 Å². The summed E-state index contributed by atoms with van der Waals surface area (Å²) in [7, 11) is 1.35. The molecule has 0 saturated heterocycles. The number of hydrogen-bond acceptors (Lipinski definition) is 6. The third-order valence-corrected chi connectivity index (χ3v) is 2.80. The van der Waals surface area contributed by atoms with Gasteiger partial charge in [-0.2, -0.15) is 0 Å². The Morgan fingerprint density at radius 2 is 2.24 bits per heavy atom. The zero-order valence-corrected chi connectivity index (χ0v) is 11.5. The number of carboxylic acids is 1. The lowest BCUT2D eigenvalue weighted by molar-refractivity contribution is -0.145. The van der Waals surface area contributed by atoms with Crippen LogP contribution in [0.2, 0.25) is 0 Å². The summed E-state index contributed by atoms with van der Waals surface area (Å²) in [4.78, 5) is 23.3. The van der Waals surface area contributed by atoms with Crippen LogP contribution in [0.1, 0.15) is 17.4 Å². The number of methoxy groups -OCH3 is 1. The summed E-state index contributed by atoms with van der Waals surface area (Å²) < 4.78 is 14.9. The predicted octanol–water partition coefficient (Wildman–Crippen LogP) is 1.15. The number of furan rings is 1. The molecule has 112 valence electrons. The van der Waals surface area contributed by atoms with Crippen molar-refractivity contribution in [1.82, 2.24) is 10.5 Å². The van der Waals surface area contributed by atoms with E-state index < -0.39 is 17.4 Å². The van der Waals surface area contributed by atoms with E-state index in [1.165, 1.54) is 26.4 Å². The smallest absolute Gasteiger partial charge is 0.331 e. The molecule has 0 aromatic carbocycles. The van der Waals surface area contributed by atoms with Crippen molar-refractivity contribution in [2.75, 3.05) is 13.7 Å². The minimum atomic E-state index is -1.56. The lowest BCUT2D eigenvalue weighted by Gasteiger charge is -2.24. The zero-order valence-electron chi connectivity index (χ0n) is 11.5. The van der Waals surface area contributed by atoms with Crippen molar-refractivity contribution in [3.63, 3.8) is 0 Å². The van der Waals surface area contributed by atoms with E-state index in [1.54, 1.807) is 12.1 Å². The first kappa shape index (κ1) is 14.8. The lowest BCUT2D eigenvalue weighted by Crippen LogP contribution is -2.55. The third-order valence-electron chi connectivity index (χ3n) is 2.80. The van der Waals surface area contributed by atoms with Crippen LogP contribution >= 0.6 is 0 Å². The molecule has 2 rings (SSSR count). The van der Waals surface area contributed by atoms with Gasteiger partial charge in [0.1, 0.15) is 0 Å². The molecular formula is C13H14N2O6. The minimum absolute atomic E-state index is 0.0509. The van der Waals surface area contributed by atoms with Gasteiger partial charge in [0.25, 0.3) is 5.91 Å². The van der Waals surface area contributed by atoms with E-state index >= 15 is 0 Å². The Morgan fingerprint density at radius 3 is 2.81 bits per heavy atom. The van der Waals surface area contributed by atoms with Crippen LogP contribution in [0.4, 0.5) is 0 Å². The summed E-state index contributed by atoms with van der Waals surface area (Å²) in [6.45, 7) is 1.15. The largest absolute Gasteiger partial charge is 0.479 e. The van der Waals surface area contributed by atoms with Crippen LogP contribution in [0, 0.1) is 0 Å². The SMILES string of the molecule is COCC(C)(NC(=O)c1cc(-c2ccco2)on1)C(=O)O. The number of hydrogen-bond donors (Lipinski definition) is 2. The van der Waals surface area contributed by atoms with Crippen molar-refractivity contribution in [2.45, 2.75) is 12.5 Å². The van der Waals surface area contributed by atoms with Gasteiger partial charge >= 0.3 is 5.97 Å². The molecule has 8 heteroatoms. The van der Waals surface area contributed by atoms with Gasteiger partial charge in [0, 0.05) is 13.2 Å². The number of nitrogens with zero attached hydrogens (tertiary/aromatic N) is 1. The molecule has 2 heterocycles. The number of carbonyl (C=O) groups excluding carboxylic acids is 1. The second kappa shape index (κ2) is 5.80. The number of nitrogens with one attached hydrogen (secondary N) is 1. The molecule has 0 fully saturated rings. The fourth-order valence-corrected chi connectivity index (χ4v) is 1.67. The molecule has 0 spiro atoms. The van der Waals surface area contributed by atoms with Crippen LogP contribution in [0.25, 0.3) is 11.5 Å². The fourth-order valence-electron chi connectivity index (χ4n) is 1.67. The molecule has 21 heavy (non-hydrogen) atoms. The van der Waals surface area contributed by atoms with Gasteiger partial charge in [0.05, 0.1) is 12.9 Å². The second-order valence-corrected chi connectivity index (χ2v) is 4.58. The first-order chi connectivity index (χ1) is 9.96. The highest BCUT2D eigenvalue weighted by atomic mass is 16.5. The first-order valence-corrected chi connectivity index (χ1v) is 6.02. The summed E-state index contributed by atoms with van der Waals surface area (Å²) in [6.07, 6.45) is 1.46. The number of carbonyl (C=O) groups is 2. The Hall–Kier alpha value is -2.61. The average molecular weight is 294 g/mol. The van der Waals surface area contributed by atoms with E-state index in [0.29, 0.717) is 5.76 Å². The van der Waals surface area contributed by atoms with Gasteiger partial charge in [0.15, 0.2) is 17.0 Å². The van der Waals surface area contributed by atoms with Crippen LogP contribution < -0.4 is 5.32 Å². The number of rotatable bonds is 6. The Kier molecular flexibility index (Phi) is 4.08. The van der Waals surface area contributed by atoms with E-state index in [1.807, 2.05) is 0 Å². The number of carboxylic acid groups (broad SMARTS) is 1. The van der Waals surface area contributed by atoms with Gasteiger partial charge in [-0.15, -0.1) is 0 Å². The van der Waals surface area contributed by atoms with Crippen molar-refractivity contribution in [1.29, 1.82) is 0 Å². The summed E-state index contributed by atoms with van der Waals surface area (Å²) in [5, 5.41) is 15.1. The van der Waals surface area contributed by atoms with Crippen LogP contribution in [-0.4, -0.2) is 41.4 Å². The number of ether oxygens (including phenoxy) is 1. The van der Waals surface area contributed by atoms with Gasteiger partial charge in [0.2, 0.25) is 5.76 Å². The lowest BCUT2D eigenvalue weighted by atomic mass is 10.0. The van der Waals surface area contributed by atoms with E-state index in [-0.39, 0.29) is 18.1 Å². The Balaban J connectivity index is 2.15. The average Bonchev–Trinajstić information content (AvgIpc) is 3.09. The molecule has 1 unspecified atom stereocenters. The highest BCUT2D eigenvalue weighted by molar-refractivity contribution is 5.96. The zero-order chi connectivity index (χ0) is 15.5. The predicted molar refractivity (Wildman–Crippen MR) is 69.6 cm³/mol. The molecule has 0 bridgehead atoms. The van der Waals surface area contributed by atoms with Crippen molar-refractivity contribution < 1.29 is 28.4 Å². The van der Waals surface area contributed by atoms with Gasteiger partial charge < -0.3 is 24.1 Å². The maximum absolute atomic E-state index is 12.0. The molecular weight excluding hydrogens is 280 g/mol. The van der Waals surface area contributed by atoms with E-state index in [9.17, 15) is 9.59 Å². The summed E-state index contributed by atoms with van der Waals surface area (Å²) in [5.74, 6) is -1.21. The van der Waals surface area contributed by atoms with Crippen LogP contribution in [0.3, 0.4) is 0 Å². The number of amides is 1. The minimum Gasteiger partial charge on any atom is -0.479 e. The third kappa shape index (κ3) is 3.11. The Morgan fingerprint density at radius 1 is 1.48 bits per heavy atom. The summed E-state index contributed by atoms with van der Waals surface area (Å²) >= 11 is 0. The Labute approximate surface area is 119 Å². The quantitative estimate of drug-likeness (QED) is 0.821. The molecule has 0 radical (unpaired) electrons. The van der Waals surface area contributed by atoms with E-state index in [4.69, 9.17) is 18.8 Å². The Bertz CT molecular complexity index is 633. The monoisotopic (exact) mass is 294 g/mol. The maximum Gasteiger partial charge on any atom is 0.331 e. The molecule has 2 aromatic rings. The molecule has 8 nitrogen and oxygen atoms in total. The van der Waals surface area contributed by atoms with Crippen molar-refractivity contribution in [2.24, 2.45) is 0 Å². The van der Waals surface area contributed by atoms with Crippen LogP contribution in [-0.2, 0) is 9.53 Å². The molecule has 1 amide bonds. The molecule has 0 aliphatic rings. The summed E-state index contributed by atoms with van der Waals surface area (Å²) in [6, 6.07) is 4.68. The van der Waals surface area contributed by atoms with Crippen molar-refractivity contribution in [3.05, 3.63) is 30.2 Å². The second-order valence-electron chi connectivity index (χ2n) is 4.58. The van der Waals surface area contributed by atoms with Gasteiger partial charge in [-0.3, -0.25) is 4.79 Å². The standard InChI is InChI=1S/C13H14N2O6/c1-13(7-19-2,12(17)18)14-11(16)8-6-10(21-15-8)9-4-3-5-20-9/h3-6H,7H2,1-2H3,(H,14,16)(H,17,18). The summed E-state index contributed by atoms with van der Waals surface area (Å²) in [5.41, 5.74) is -1.61. The first-order valence-electron chi connectivity index (χ1n) is 6.02. The van der Waals surface area contributed by atoms with Gasteiger partial charge in [-0.25, -0.2) is 4.79 Å². The molecule has 0 aliphatic heterocycles. The molecule has 0 aliphatic carbocycles. The van der Waals surface area contributed by atoms with Crippen molar-refractivity contribution in [3.8, 4) is 11.5 Å². The highest BCUT2D eigenvalue weighted by Gasteiger charge is 2.36. The molecule has 0 saturated carbocycles. The molecule has 1 atom stereocenters. The van der Waals surface area contributed by atoms with E-state index in [0.717, 1.165) is 0 Å². The maximum atomic E-state index is 12.0. The fraction of sp³-hybridized carbons (Fsp3) is 0.308. The van der Waals surface area contributed by atoms with Crippen LogP contribution in [0.15, 0.2) is 33.4 Å². The molecule has 2 aromatic heterocycles. The molecule has 2 N–H and O–H groups in total. The van der Waals surface area contributed by atoms with Gasteiger partial charge in [-0.05, 0) is 19.1 Å². The number of aliphatic carboxylic acids is 1. The van der Waals surface area contributed by atoms with Crippen molar-refractivity contribution >= 4 is 11.9 Å². The normalized spacial score (nSPS) is 13.6. The van der Waals surface area contributed by atoms with Crippen LogP contribution in [0.5, 0.6) is 0 Å². The topological polar surface area (TPSA) is 115 Å². The number of aromatic nitrogens is 1. The highest BCUT2D eigenvalue weighted by Crippen LogP contribution is 2.20.